The number of fused-ring (bicyclic) bond motifs is 14. The number of aliphatic hydroxyl groups excluding tert-OH is 2. The van der Waals surface area contributed by atoms with E-state index in [0.717, 1.165) is 0 Å². The molecule has 1 aromatic rings. The van der Waals surface area contributed by atoms with Crippen molar-refractivity contribution < 1.29 is 62.7 Å². The average Bonchev–Trinajstić information content (AvgIpc) is 3.42. The lowest BCUT2D eigenvalue weighted by atomic mass is 9.78. The maximum absolute atomic E-state index is 14.7. The van der Waals surface area contributed by atoms with Gasteiger partial charge >= 0.3 is 17.7 Å². The van der Waals surface area contributed by atoms with Crippen molar-refractivity contribution in [3.63, 3.8) is 0 Å². The second-order valence-electron chi connectivity index (χ2n) is 17.0. The molecule has 0 saturated heterocycles. The summed E-state index contributed by atoms with van der Waals surface area (Å²) in [6, 6.07) is 0. The van der Waals surface area contributed by atoms with E-state index in [1.807, 2.05) is 0 Å². The zero-order valence-electron chi connectivity index (χ0n) is 36.3. The van der Waals surface area contributed by atoms with Gasteiger partial charge in [0.1, 0.15) is 29.0 Å². The van der Waals surface area contributed by atoms with Gasteiger partial charge in [0.25, 0.3) is 11.7 Å². The third kappa shape index (κ3) is 9.07. The summed E-state index contributed by atoms with van der Waals surface area (Å²) in [6.45, 7) is 17.2. The number of nitrogens with one attached hydrogen (secondary N) is 1. The number of hydrogen-bond donors (Lipinski definition) is 3. The molecule has 3 N–H and O–H groups in total. The number of hydrogen-bond acceptors (Lipinski definition) is 14. The molecule has 0 fully saturated rings. The largest absolute Gasteiger partial charge is 0.462 e. The number of methoxy groups -OCH3 is 1. The van der Waals surface area contributed by atoms with E-state index in [2.05, 4.69) is 5.32 Å². The molecular weight excluding hydrogens is 764 g/mol. The maximum atomic E-state index is 14.7. The average molecular weight is 823 g/mol. The van der Waals surface area contributed by atoms with Gasteiger partial charge in [0.05, 0.1) is 46.7 Å². The number of esters is 2. The Balaban J connectivity index is 1.99. The highest BCUT2D eigenvalue weighted by Gasteiger charge is 2.53. The van der Waals surface area contributed by atoms with Crippen LogP contribution in [-0.2, 0) is 28.6 Å². The Bertz CT molecular complexity index is 2040. The molecule has 15 heteroatoms. The summed E-state index contributed by atoms with van der Waals surface area (Å²) in [6.07, 6.45) is 3.32. The van der Waals surface area contributed by atoms with Gasteiger partial charge in [-0.25, -0.2) is 0 Å². The highest BCUT2D eigenvalue weighted by molar-refractivity contribution is 6.32. The zero-order chi connectivity index (χ0) is 44.6. The van der Waals surface area contributed by atoms with Crippen LogP contribution in [0, 0.1) is 36.0 Å². The van der Waals surface area contributed by atoms with Gasteiger partial charge in [-0.2, -0.15) is 0 Å². The fourth-order valence-electron chi connectivity index (χ4n) is 7.46. The third-order valence-electron chi connectivity index (χ3n) is 11.2. The third-order valence-corrected chi connectivity index (χ3v) is 11.2. The molecule has 9 atom stereocenters. The highest BCUT2D eigenvalue weighted by atomic mass is 16.7. The van der Waals surface area contributed by atoms with Crippen molar-refractivity contribution >= 4 is 35.2 Å². The van der Waals surface area contributed by atoms with E-state index in [0.29, 0.717) is 0 Å². The van der Waals surface area contributed by atoms with E-state index >= 15 is 0 Å². The van der Waals surface area contributed by atoms with Crippen molar-refractivity contribution in [1.82, 2.24) is 10.2 Å². The summed E-state index contributed by atoms with van der Waals surface area (Å²) in [5.74, 6) is -9.79. The number of rotatable bonds is 4. The Kier molecular flexibility index (Phi) is 13.9. The Morgan fingerprint density at radius 1 is 0.898 bits per heavy atom. The molecule has 322 valence electrons. The van der Waals surface area contributed by atoms with Crippen molar-refractivity contribution in [3.05, 3.63) is 69.8 Å². The van der Waals surface area contributed by atoms with Gasteiger partial charge in [0.2, 0.25) is 11.6 Å². The molecule has 0 saturated carbocycles. The Labute approximate surface area is 345 Å². The summed E-state index contributed by atoms with van der Waals surface area (Å²) in [7, 11) is 4.41. The van der Waals surface area contributed by atoms with Crippen molar-refractivity contribution in [1.29, 1.82) is 0 Å². The SMILES string of the molecule is COC1/C=C/OC2(C)Oc3c(C)c(OC(=O)C(C)(C)C)c4c(c3C2=O)C(=O)C(N(C)C)=C(NC(=O)/C(C)=C\C=C\C(C)C(O)C(C)C(O)C(C)C(OC(C)=O)C1C)C4=O. The minimum atomic E-state index is -2.12. The molecule has 5 rings (SSSR count). The lowest BCUT2D eigenvalue weighted by Gasteiger charge is -2.38. The number of allylic oxidation sites excluding steroid dienone is 4. The minimum absolute atomic E-state index is 0.0542. The first-order chi connectivity index (χ1) is 27.3. The number of carbonyl (C=O) groups is 6. The van der Waals surface area contributed by atoms with Crippen LogP contribution in [0.1, 0.15) is 106 Å². The Morgan fingerprint density at radius 3 is 2.08 bits per heavy atom. The molecule has 3 aliphatic heterocycles. The van der Waals surface area contributed by atoms with Crippen LogP contribution in [0.5, 0.6) is 11.5 Å². The summed E-state index contributed by atoms with van der Waals surface area (Å²) < 4.78 is 29.5. The number of carbonyl (C=O) groups excluding carboxylic acids is 6. The molecule has 3 heterocycles. The van der Waals surface area contributed by atoms with Crippen molar-refractivity contribution in [2.24, 2.45) is 29.1 Å². The van der Waals surface area contributed by atoms with Crippen LogP contribution >= 0.6 is 0 Å². The van der Waals surface area contributed by atoms with E-state index < -0.39 is 106 Å². The van der Waals surface area contributed by atoms with E-state index in [1.165, 1.54) is 72.2 Å². The van der Waals surface area contributed by atoms with Gasteiger partial charge in [-0.05, 0) is 40.7 Å². The number of benzene rings is 1. The Hall–Kier alpha value is -5.12. The molecule has 0 aromatic heterocycles. The summed E-state index contributed by atoms with van der Waals surface area (Å²) >= 11 is 0. The van der Waals surface area contributed by atoms with Gasteiger partial charge in [0, 0.05) is 69.9 Å². The van der Waals surface area contributed by atoms with Crippen molar-refractivity contribution in [2.75, 3.05) is 21.2 Å². The number of ketones is 3. The number of ether oxygens (including phenoxy) is 5. The first-order valence-electron chi connectivity index (χ1n) is 19.5. The Morgan fingerprint density at radius 2 is 1.53 bits per heavy atom. The molecule has 15 nitrogen and oxygen atoms in total. The lowest BCUT2D eigenvalue weighted by molar-refractivity contribution is -0.160. The van der Waals surface area contributed by atoms with Crippen LogP contribution in [0.15, 0.2) is 47.5 Å². The van der Waals surface area contributed by atoms with Crippen LogP contribution < -0.4 is 14.8 Å². The van der Waals surface area contributed by atoms with Gasteiger partial charge in [-0.3, -0.25) is 28.8 Å². The quantitative estimate of drug-likeness (QED) is 0.277. The fourth-order valence-corrected chi connectivity index (χ4v) is 7.46. The van der Waals surface area contributed by atoms with Gasteiger partial charge in [-0.15, -0.1) is 0 Å². The first kappa shape index (κ1) is 46.6. The molecule has 4 aliphatic rings. The standard InChI is InChI=1S/C44H58N2O13/c1-20-16-15-17-21(2)41(53)45-31-32(46(12)13)36(51)28-29(35(31)50)38(58-42(54)43(8,9)10)25(6)39-30(28)40(52)44(11,59-39)56-19-18-27(55-14)22(3)37(57-26(7)47)24(5)34(49)23(4)33(20)48/h15-20,22-24,27,33-34,37,48-49H,1-14H3,(H,45,53)/b16-15+,19-18+,21-17-. The predicted octanol–water partition coefficient (Wildman–Crippen LogP) is 4.77. The zero-order valence-corrected chi connectivity index (χ0v) is 36.3. The molecule has 5 bridgehead atoms. The van der Waals surface area contributed by atoms with Gasteiger partial charge < -0.3 is 44.1 Å². The van der Waals surface area contributed by atoms with E-state index in [4.69, 9.17) is 23.7 Å². The number of amides is 1. The number of Topliss-reactive ketones (excluding diaryl/α,β-unsaturated/α-hetero) is 3. The maximum Gasteiger partial charge on any atom is 0.316 e. The smallest absolute Gasteiger partial charge is 0.316 e. The number of aliphatic hydroxyl groups is 2. The van der Waals surface area contributed by atoms with Crippen LogP contribution in [-0.4, -0.2) is 102 Å². The van der Waals surface area contributed by atoms with Crippen LogP contribution in [0.2, 0.25) is 0 Å². The molecule has 59 heavy (non-hydrogen) atoms. The van der Waals surface area contributed by atoms with Crippen molar-refractivity contribution in [3.8, 4) is 11.5 Å². The highest BCUT2D eigenvalue weighted by Crippen LogP contribution is 2.49. The monoisotopic (exact) mass is 822 g/mol. The molecule has 9 unspecified atom stereocenters. The normalized spacial score (nSPS) is 31.4. The van der Waals surface area contributed by atoms with E-state index in [9.17, 15) is 39.0 Å². The topological polar surface area (TPSA) is 204 Å². The van der Waals surface area contributed by atoms with Gasteiger partial charge in [-0.1, -0.05) is 45.9 Å². The van der Waals surface area contributed by atoms with E-state index in [-0.39, 0.29) is 39.5 Å². The van der Waals surface area contributed by atoms with Crippen LogP contribution in [0.25, 0.3) is 0 Å². The molecule has 1 amide bonds. The molecule has 0 spiro atoms. The summed E-state index contributed by atoms with van der Waals surface area (Å²) in [5, 5.41) is 25.4. The second kappa shape index (κ2) is 17.6. The number of nitrogens with zero attached hydrogens (tertiary/aromatic N) is 1. The van der Waals surface area contributed by atoms with E-state index in [1.54, 1.807) is 60.6 Å². The lowest BCUT2D eigenvalue weighted by Crippen LogP contribution is -2.46. The molecule has 1 aliphatic carbocycles. The fraction of sp³-hybridized carbons (Fsp3) is 0.545. The molecule has 1 aromatic carbocycles. The summed E-state index contributed by atoms with van der Waals surface area (Å²) in [4.78, 5) is 84.7. The van der Waals surface area contributed by atoms with Crippen LogP contribution in [0.3, 0.4) is 0 Å². The first-order valence-corrected chi connectivity index (χ1v) is 19.5. The summed E-state index contributed by atoms with van der Waals surface area (Å²) in [5.41, 5.74) is -2.61. The van der Waals surface area contributed by atoms with Crippen LogP contribution in [0.4, 0.5) is 0 Å². The number of likely N-dealkylation sites (N-methyl/N-ethyl adjacent to an activating group) is 1. The van der Waals surface area contributed by atoms with Gasteiger partial charge in [0.15, 0.2) is 0 Å². The second-order valence-corrected chi connectivity index (χ2v) is 17.0. The minimum Gasteiger partial charge on any atom is -0.462 e. The van der Waals surface area contributed by atoms with Crippen molar-refractivity contribution in [2.45, 2.75) is 106 Å². The molecule has 0 radical (unpaired) electrons. The molecular formula is C44H58N2O13. The predicted molar refractivity (Wildman–Crippen MR) is 215 cm³/mol.